The van der Waals surface area contributed by atoms with E-state index in [4.69, 9.17) is 9.47 Å². The second kappa shape index (κ2) is 9.82. The minimum Gasteiger partial charge on any atom is -0.503 e. The van der Waals surface area contributed by atoms with Crippen LogP contribution in [0.25, 0.3) is 5.57 Å². The van der Waals surface area contributed by atoms with Gasteiger partial charge in [0.25, 0.3) is 5.91 Å². The highest BCUT2D eigenvalue weighted by Gasteiger charge is 2.40. The topological polar surface area (TPSA) is 59.0 Å². The quantitative estimate of drug-likeness (QED) is 0.509. The summed E-state index contributed by atoms with van der Waals surface area (Å²) < 4.78 is 10.7. The Morgan fingerprint density at radius 2 is 1.55 bits per heavy atom. The highest BCUT2D eigenvalue weighted by atomic mass is 16.5. The van der Waals surface area contributed by atoms with E-state index in [1.165, 1.54) is 5.56 Å². The zero-order chi connectivity index (χ0) is 23.4. The molecule has 1 heterocycles. The van der Waals surface area contributed by atoms with E-state index in [0.717, 1.165) is 23.1 Å². The molecule has 33 heavy (non-hydrogen) atoms. The Labute approximate surface area is 194 Å². The van der Waals surface area contributed by atoms with Crippen molar-refractivity contribution in [3.8, 4) is 11.5 Å². The van der Waals surface area contributed by atoms with Crippen molar-refractivity contribution >= 4 is 11.5 Å². The van der Waals surface area contributed by atoms with Gasteiger partial charge in [-0.3, -0.25) is 4.79 Å². The normalized spacial score (nSPS) is 15.8. The van der Waals surface area contributed by atoms with Gasteiger partial charge in [-0.05, 0) is 47.2 Å². The van der Waals surface area contributed by atoms with Crippen molar-refractivity contribution in [1.29, 1.82) is 0 Å². The monoisotopic (exact) mass is 443 g/mol. The Morgan fingerprint density at radius 1 is 0.879 bits per heavy atom. The second-order valence-corrected chi connectivity index (χ2v) is 8.06. The van der Waals surface area contributed by atoms with Crippen LogP contribution >= 0.6 is 0 Å². The van der Waals surface area contributed by atoms with E-state index >= 15 is 0 Å². The SMILES string of the molecule is CCc1ccc(C2C(c3ccccc3)=C(O)C(=O)N2CCc2ccc(OC)c(OC)c2)cc1. The standard InChI is InChI=1S/C28H29NO4/c1-4-19-10-13-22(14-11-19)26-25(21-8-6-5-7-9-21)27(30)28(31)29(26)17-16-20-12-15-23(32-2)24(18-20)33-3/h5-15,18,26,30H,4,16-17H2,1-3H3. The van der Waals surface area contributed by atoms with Gasteiger partial charge in [-0.25, -0.2) is 0 Å². The fourth-order valence-corrected chi connectivity index (χ4v) is 4.36. The molecule has 1 N–H and O–H groups in total. The fraction of sp³-hybridized carbons (Fsp3) is 0.250. The first-order valence-corrected chi connectivity index (χ1v) is 11.2. The summed E-state index contributed by atoms with van der Waals surface area (Å²) in [6.45, 7) is 2.57. The molecule has 0 aromatic heterocycles. The molecule has 1 unspecified atom stereocenters. The minimum absolute atomic E-state index is 0.182. The van der Waals surface area contributed by atoms with Gasteiger partial charge in [0, 0.05) is 12.1 Å². The third kappa shape index (κ3) is 4.44. The average molecular weight is 444 g/mol. The number of aliphatic hydroxyl groups excluding tert-OH is 1. The molecule has 0 spiro atoms. The predicted molar refractivity (Wildman–Crippen MR) is 130 cm³/mol. The number of aryl methyl sites for hydroxylation is 1. The molecule has 1 aliphatic rings. The number of methoxy groups -OCH3 is 2. The molecule has 1 amide bonds. The number of ether oxygens (including phenoxy) is 2. The lowest BCUT2D eigenvalue weighted by molar-refractivity contribution is -0.129. The third-order valence-corrected chi connectivity index (χ3v) is 6.18. The van der Waals surface area contributed by atoms with Gasteiger partial charge in [0.1, 0.15) is 0 Å². The smallest absolute Gasteiger partial charge is 0.289 e. The predicted octanol–water partition coefficient (Wildman–Crippen LogP) is 5.36. The van der Waals surface area contributed by atoms with Crippen molar-refractivity contribution in [3.63, 3.8) is 0 Å². The number of benzene rings is 3. The highest BCUT2D eigenvalue weighted by molar-refractivity contribution is 6.05. The van der Waals surface area contributed by atoms with E-state index in [1.807, 2.05) is 48.5 Å². The van der Waals surface area contributed by atoms with Gasteiger partial charge in [-0.2, -0.15) is 0 Å². The van der Waals surface area contributed by atoms with Crippen LogP contribution in [0.1, 0.15) is 35.2 Å². The lowest BCUT2D eigenvalue weighted by Crippen LogP contribution is -2.32. The molecule has 0 aliphatic carbocycles. The molecule has 3 aromatic rings. The summed E-state index contributed by atoms with van der Waals surface area (Å²) in [7, 11) is 3.21. The number of nitrogens with zero attached hydrogens (tertiary/aromatic N) is 1. The molecule has 0 fully saturated rings. The number of hydrogen-bond acceptors (Lipinski definition) is 4. The molecule has 0 bridgehead atoms. The van der Waals surface area contributed by atoms with Crippen LogP contribution in [0.5, 0.6) is 11.5 Å². The number of rotatable bonds is 8. The van der Waals surface area contributed by atoms with Gasteiger partial charge in [-0.1, -0.05) is 67.6 Å². The van der Waals surface area contributed by atoms with Crippen LogP contribution in [0, 0.1) is 0 Å². The van der Waals surface area contributed by atoms with Gasteiger partial charge in [0.2, 0.25) is 0 Å². The maximum Gasteiger partial charge on any atom is 0.289 e. The van der Waals surface area contributed by atoms with E-state index in [0.29, 0.717) is 30.0 Å². The van der Waals surface area contributed by atoms with E-state index < -0.39 is 0 Å². The molecular weight excluding hydrogens is 414 g/mol. The van der Waals surface area contributed by atoms with Crippen LogP contribution in [0.15, 0.2) is 78.6 Å². The van der Waals surface area contributed by atoms with Crippen molar-refractivity contribution < 1.29 is 19.4 Å². The molecule has 5 heteroatoms. The lowest BCUT2D eigenvalue weighted by Gasteiger charge is -2.27. The molecular formula is C28H29NO4. The largest absolute Gasteiger partial charge is 0.503 e. The third-order valence-electron chi connectivity index (χ3n) is 6.18. The maximum atomic E-state index is 13.2. The molecule has 1 atom stereocenters. The maximum absolute atomic E-state index is 13.2. The van der Waals surface area contributed by atoms with Gasteiger partial charge >= 0.3 is 0 Å². The summed E-state index contributed by atoms with van der Waals surface area (Å²) >= 11 is 0. The number of aliphatic hydroxyl groups is 1. The van der Waals surface area contributed by atoms with Crippen molar-refractivity contribution in [2.24, 2.45) is 0 Å². The van der Waals surface area contributed by atoms with Crippen LogP contribution in [-0.2, 0) is 17.6 Å². The Balaban J connectivity index is 1.68. The lowest BCUT2D eigenvalue weighted by atomic mass is 9.92. The molecule has 3 aromatic carbocycles. The van der Waals surface area contributed by atoms with E-state index in [-0.39, 0.29) is 17.7 Å². The van der Waals surface area contributed by atoms with E-state index in [1.54, 1.807) is 19.1 Å². The van der Waals surface area contributed by atoms with Crippen LogP contribution in [0.2, 0.25) is 0 Å². The number of amides is 1. The van der Waals surface area contributed by atoms with Crippen LogP contribution in [0.4, 0.5) is 0 Å². The van der Waals surface area contributed by atoms with Crippen molar-refractivity contribution in [3.05, 3.63) is 101 Å². The van der Waals surface area contributed by atoms with Crippen LogP contribution < -0.4 is 9.47 Å². The van der Waals surface area contributed by atoms with Crippen molar-refractivity contribution in [2.45, 2.75) is 25.8 Å². The molecule has 4 rings (SSSR count). The molecule has 5 nitrogen and oxygen atoms in total. The Hall–Kier alpha value is -3.73. The molecule has 170 valence electrons. The number of carbonyl (C=O) groups is 1. The van der Waals surface area contributed by atoms with Gasteiger partial charge in [0.15, 0.2) is 17.3 Å². The van der Waals surface area contributed by atoms with Crippen LogP contribution in [-0.4, -0.2) is 36.7 Å². The first-order chi connectivity index (χ1) is 16.1. The Bertz CT molecular complexity index is 1150. The number of carbonyl (C=O) groups excluding carboxylic acids is 1. The Morgan fingerprint density at radius 3 is 2.18 bits per heavy atom. The highest BCUT2D eigenvalue weighted by Crippen LogP contribution is 2.43. The summed E-state index contributed by atoms with van der Waals surface area (Å²) in [5, 5.41) is 10.9. The van der Waals surface area contributed by atoms with E-state index in [9.17, 15) is 9.90 Å². The number of hydrogen-bond donors (Lipinski definition) is 1. The average Bonchev–Trinajstić information content (AvgIpc) is 3.12. The summed E-state index contributed by atoms with van der Waals surface area (Å²) in [4.78, 5) is 15.0. The summed E-state index contributed by atoms with van der Waals surface area (Å²) in [5.41, 5.74) is 4.73. The zero-order valence-electron chi connectivity index (χ0n) is 19.2. The Kier molecular flexibility index (Phi) is 6.68. The first kappa shape index (κ1) is 22.5. The van der Waals surface area contributed by atoms with Gasteiger partial charge < -0.3 is 19.5 Å². The van der Waals surface area contributed by atoms with Crippen molar-refractivity contribution in [1.82, 2.24) is 4.90 Å². The summed E-state index contributed by atoms with van der Waals surface area (Å²) in [5.74, 6) is 0.787. The van der Waals surface area contributed by atoms with Gasteiger partial charge in [-0.15, -0.1) is 0 Å². The van der Waals surface area contributed by atoms with Crippen LogP contribution in [0.3, 0.4) is 0 Å². The summed E-state index contributed by atoms with van der Waals surface area (Å²) in [6, 6.07) is 23.3. The zero-order valence-corrected chi connectivity index (χ0v) is 19.2. The van der Waals surface area contributed by atoms with Crippen molar-refractivity contribution in [2.75, 3.05) is 20.8 Å². The summed E-state index contributed by atoms with van der Waals surface area (Å²) in [6.07, 6.45) is 1.56. The fourth-order valence-electron chi connectivity index (χ4n) is 4.36. The molecule has 1 aliphatic heterocycles. The molecule has 0 radical (unpaired) electrons. The molecule has 0 saturated heterocycles. The first-order valence-electron chi connectivity index (χ1n) is 11.2. The van der Waals surface area contributed by atoms with Gasteiger partial charge in [0.05, 0.1) is 20.3 Å². The molecule has 0 saturated carbocycles. The second-order valence-electron chi connectivity index (χ2n) is 8.06. The minimum atomic E-state index is -0.356. The van der Waals surface area contributed by atoms with E-state index in [2.05, 4.69) is 31.2 Å².